The Labute approximate surface area is 117 Å². The first kappa shape index (κ1) is 14.8. The zero-order valence-corrected chi connectivity index (χ0v) is 10.6. The van der Waals surface area contributed by atoms with Crippen LogP contribution in [0.25, 0.3) is 0 Å². The van der Waals surface area contributed by atoms with E-state index in [-0.39, 0.29) is 12.2 Å². The van der Waals surface area contributed by atoms with Gasteiger partial charge in [-0.2, -0.15) is 13.2 Å². The van der Waals surface area contributed by atoms with Gasteiger partial charge in [-0.15, -0.1) is 0 Å². The van der Waals surface area contributed by atoms with Crippen molar-refractivity contribution in [1.82, 2.24) is 9.97 Å². The van der Waals surface area contributed by atoms with Crippen molar-refractivity contribution < 1.29 is 18.1 Å². The quantitative estimate of drug-likeness (QED) is 0.656. The monoisotopic (exact) mass is 300 g/mol. The van der Waals surface area contributed by atoms with Gasteiger partial charge in [0.15, 0.2) is 0 Å². The summed E-state index contributed by atoms with van der Waals surface area (Å²) >= 11 is 0. The number of benzene rings is 1. The molecular formula is C12H11F3N4O2. The molecule has 0 aliphatic heterocycles. The van der Waals surface area contributed by atoms with Crippen molar-refractivity contribution >= 4 is 11.4 Å². The van der Waals surface area contributed by atoms with Crippen LogP contribution in [-0.2, 0) is 12.6 Å². The highest BCUT2D eigenvalue weighted by molar-refractivity contribution is 5.57. The summed E-state index contributed by atoms with van der Waals surface area (Å²) in [6.45, 7) is 0.217. The zero-order valence-electron chi connectivity index (χ0n) is 10.6. The van der Waals surface area contributed by atoms with Gasteiger partial charge < -0.3 is 10.3 Å². The van der Waals surface area contributed by atoms with Crippen molar-refractivity contribution in [3.05, 3.63) is 52.1 Å². The van der Waals surface area contributed by atoms with Crippen molar-refractivity contribution in [2.24, 2.45) is 0 Å². The minimum atomic E-state index is -4.67. The van der Waals surface area contributed by atoms with Crippen LogP contribution >= 0.6 is 0 Å². The van der Waals surface area contributed by atoms with Gasteiger partial charge in [0.2, 0.25) is 0 Å². The third-order valence-electron chi connectivity index (χ3n) is 2.75. The first-order valence-electron chi connectivity index (χ1n) is 5.95. The van der Waals surface area contributed by atoms with Crippen molar-refractivity contribution in [2.75, 3.05) is 11.9 Å². The van der Waals surface area contributed by atoms with E-state index in [1.54, 1.807) is 12.4 Å². The zero-order chi connectivity index (χ0) is 15.5. The molecule has 0 saturated carbocycles. The Balaban J connectivity index is 2.16. The number of H-pyrrole nitrogens is 1. The number of rotatable bonds is 5. The standard InChI is InChI=1S/C12H11F3N4O2/c13-12(14,15)9-7-8(19(20)21)1-2-10(9)16-4-3-11-17-5-6-18-11/h1-2,5-7,16H,3-4H2,(H,17,18). The van der Waals surface area contributed by atoms with E-state index in [2.05, 4.69) is 15.3 Å². The van der Waals surface area contributed by atoms with Crippen molar-refractivity contribution in [2.45, 2.75) is 12.6 Å². The number of aromatic amines is 1. The van der Waals surface area contributed by atoms with Crippen LogP contribution < -0.4 is 5.32 Å². The lowest BCUT2D eigenvalue weighted by atomic mass is 10.1. The van der Waals surface area contributed by atoms with E-state index in [4.69, 9.17) is 0 Å². The number of imidazole rings is 1. The summed E-state index contributed by atoms with van der Waals surface area (Å²) in [6, 6.07) is 2.61. The smallest absolute Gasteiger partial charge is 0.384 e. The van der Waals surface area contributed by atoms with Crippen LogP contribution in [0.3, 0.4) is 0 Å². The predicted octanol–water partition coefficient (Wildman–Crippen LogP) is 2.99. The molecule has 1 aromatic heterocycles. The maximum atomic E-state index is 12.9. The number of nitrogens with zero attached hydrogens (tertiary/aromatic N) is 2. The maximum Gasteiger partial charge on any atom is 0.418 e. The second kappa shape index (κ2) is 5.81. The fourth-order valence-electron chi connectivity index (χ4n) is 1.78. The van der Waals surface area contributed by atoms with Gasteiger partial charge in [-0.25, -0.2) is 4.98 Å². The molecule has 0 unspecified atom stereocenters. The molecule has 0 atom stereocenters. The molecule has 21 heavy (non-hydrogen) atoms. The Bertz CT molecular complexity index is 626. The molecule has 112 valence electrons. The molecule has 0 amide bonds. The number of nitrogens with one attached hydrogen (secondary N) is 2. The highest BCUT2D eigenvalue weighted by atomic mass is 19.4. The lowest BCUT2D eigenvalue weighted by Gasteiger charge is -2.14. The van der Waals surface area contributed by atoms with Crippen LogP contribution in [0.2, 0.25) is 0 Å². The fourth-order valence-corrected chi connectivity index (χ4v) is 1.78. The van der Waals surface area contributed by atoms with Crippen LogP contribution in [0.5, 0.6) is 0 Å². The van der Waals surface area contributed by atoms with Crippen molar-refractivity contribution in [3.8, 4) is 0 Å². The van der Waals surface area contributed by atoms with Crippen LogP contribution in [0.15, 0.2) is 30.6 Å². The van der Waals surface area contributed by atoms with Gasteiger partial charge in [0.25, 0.3) is 5.69 Å². The van der Waals surface area contributed by atoms with E-state index in [1.165, 1.54) is 0 Å². The molecule has 0 aliphatic rings. The van der Waals surface area contributed by atoms with Gasteiger partial charge in [0, 0.05) is 43.2 Å². The topological polar surface area (TPSA) is 83.8 Å². The third-order valence-corrected chi connectivity index (χ3v) is 2.75. The number of hydrogen-bond donors (Lipinski definition) is 2. The molecule has 1 heterocycles. The summed E-state index contributed by atoms with van der Waals surface area (Å²) in [6.07, 6.45) is -1.11. The van der Waals surface area contributed by atoms with Crippen LogP contribution in [0.1, 0.15) is 11.4 Å². The maximum absolute atomic E-state index is 12.9. The summed E-state index contributed by atoms with van der Waals surface area (Å²) in [7, 11) is 0. The van der Waals surface area contributed by atoms with Gasteiger partial charge in [-0.3, -0.25) is 10.1 Å². The van der Waals surface area contributed by atoms with Gasteiger partial charge >= 0.3 is 6.18 Å². The molecule has 2 aromatic rings. The molecule has 2 rings (SSSR count). The second-order valence-corrected chi connectivity index (χ2v) is 4.20. The van der Waals surface area contributed by atoms with E-state index in [9.17, 15) is 23.3 Å². The van der Waals surface area contributed by atoms with Crippen molar-refractivity contribution in [1.29, 1.82) is 0 Å². The molecule has 6 nitrogen and oxygen atoms in total. The number of nitro benzene ring substituents is 1. The average Bonchev–Trinajstić information content (AvgIpc) is 2.90. The summed E-state index contributed by atoms with van der Waals surface area (Å²) in [4.78, 5) is 16.5. The Morgan fingerprint density at radius 1 is 1.38 bits per heavy atom. The predicted molar refractivity (Wildman–Crippen MR) is 68.9 cm³/mol. The number of non-ortho nitro benzene ring substituents is 1. The normalized spacial score (nSPS) is 11.4. The number of aromatic nitrogens is 2. The SMILES string of the molecule is O=[N+]([O-])c1ccc(NCCc2ncc[nH]2)c(C(F)(F)F)c1. The molecule has 0 fully saturated rings. The molecule has 2 N–H and O–H groups in total. The first-order valence-corrected chi connectivity index (χ1v) is 5.95. The minimum absolute atomic E-state index is 0.195. The van der Waals surface area contributed by atoms with E-state index < -0.39 is 22.4 Å². The average molecular weight is 300 g/mol. The van der Waals surface area contributed by atoms with Crippen LogP contribution in [0.4, 0.5) is 24.5 Å². The third kappa shape index (κ3) is 3.71. The summed E-state index contributed by atoms with van der Waals surface area (Å²) in [5.41, 5.74) is -1.85. The molecule has 0 bridgehead atoms. The lowest BCUT2D eigenvalue weighted by molar-refractivity contribution is -0.385. The molecule has 9 heteroatoms. The van der Waals surface area contributed by atoms with Gasteiger partial charge in [-0.1, -0.05) is 0 Å². The summed E-state index contributed by atoms with van der Waals surface area (Å²) < 4.78 is 38.7. The fraction of sp³-hybridized carbons (Fsp3) is 0.250. The molecule has 0 saturated heterocycles. The lowest BCUT2D eigenvalue weighted by Crippen LogP contribution is -2.13. The molecule has 0 aliphatic carbocycles. The molecule has 0 radical (unpaired) electrons. The van der Waals surface area contributed by atoms with E-state index in [0.29, 0.717) is 18.3 Å². The Kier molecular flexibility index (Phi) is 4.10. The number of halogens is 3. The van der Waals surface area contributed by atoms with Gasteiger partial charge in [0.1, 0.15) is 5.82 Å². The van der Waals surface area contributed by atoms with Crippen LogP contribution in [0, 0.1) is 10.1 Å². The molecule has 0 spiro atoms. The number of alkyl halides is 3. The largest absolute Gasteiger partial charge is 0.418 e. The highest BCUT2D eigenvalue weighted by Gasteiger charge is 2.35. The molecular weight excluding hydrogens is 289 g/mol. The van der Waals surface area contributed by atoms with E-state index >= 15 is 0 Å². The van der Waals surface area contributed by atoms with Gasteiger partial charge in [0.05, 0.1) is 10.5 Å². The Morgan fingerprint density at radius 2 is 2.14 bits per heavy atom. The highest BCUT2D eigenvalue weighted by Crippen LogP contribution is 2.36. The molecule has 1 aromatic carbocycles. The van der Waals surface area contributed by atoms with Crippen LogP contribution in [-0.4, -0.2) is 21.4 Å². The summed E-state index contributed by atoms with van der Waals surface area (Å²) in [5, 5.41) is 13.2. The Hall–Kier alpha value is -2.58. The second-order valence-electron chi connectivity index (χ2n) is 4.20. The van der Waals surface area contributed by atoms with E-state index in [0.717, 1.165) is 12.1 Å². The number of anilines is 1. The Morgan fingerprint density at radius 3 is 2.71 bits per heavy atom. The first-order chi connectivity index (χ1) is 9.88. The number of hydrogen-bond acceptors (Lipinski definition) is 4. The van der Waals surface area contributed by atoms with E-state index in [1.807, 2.05) is 0 Å². The van der Waals surface area contributed by atoms with Crippen molar-refractivity contribution in [3.63, 3.8) is 0 Å². The number of nitro groups is 1. The summed E-state index contributed by atoms with van der Waals surface area (Å²) in [5.74, 6) is 0.637. The van der Waals surface area contributed by atoms with Gasteiger partial charge in [-0.05, 0) is 6.07 Å². The minimum Gasteiger partial charge on any atom is -0.384 e.